The van der Waals surface area contributed by atoms with Crippen molar-refractivity contribution in [2.75, 3.05) is 4.90 Å². The zero-order chi connectivity index (χ0) is 28.7. The van der Waals surface area contributed by atoms with E-state index in [-0.39, 0.29) is 17.0 Å². The van der Waals surface area contributed by atoms with Crippen molar-refractivity contribution in [2.24, 2.45) is 5.92 Å². The van der Waals surface area contributed by atoms with Crippen LogP contribution in [0.5, 0.6) is 0 Å². The van der Waals surface area contributed by atoms with Gasteiger partial charge in [0, 0.05) is 5.56 Å². The smallest absolute Gasteiger partial charge is 0.421 e. The Balaban J connectivity index is 1.88. The summed E-state index contributed by atoms with van der Waals surface area (Å²) in [6, 6.07) is 28.5. The van der Waals surface area contributed by atoms with E-state index in [1.165, 1.54) is 6.08 Å². The van der Waals surface area contributed by atoms with Gasteiger partial charge in [-0.3, -0.25) is 4.79 Å². The molecule has 1 spiro atoms. The van der Waals surface area contributed by atoms with Crippen LogP contribution in [0.4, 0.5) is 10.5 Å². The number of hydrogen-bond donors (Lipinski definition) is 0. The van der Waals surface area contributed by atoms with E-state index in [2.05, 4.69) is 0 Å². The molecule has 2 aliphatic rings. The fraction of sp³-hybridized carbons (Fsp3) is 0.219. The molecule has 2 aliphatic heterocycles. The number of carbonyl (C=O) groups excluding carboxylic acids is 2. The molecule has 2 heterocycles. The monoisotopic (exact) mass is 530 g/mol. The number of nitrogens with zero attached hydrogens (tertiary/aromatic N) is 4. The molecule has 8 nitrogen and oxygen atoms in total. The van der Waals surface area contributed by atoms with Crippen molar-refractivity contribution in [2.45, 2.75) is 37.8 Å². The molecule has 0 aromatic heterocycles. The van der Waals surface area contributed by atoms with Gasteiger partial charge in [-0.1, -0.05) is 60.7 Å². The third-order valence-electron chi connectivity index (χ3n) is 7.15. The lowest BCUT2D eigenvalue weighted by Gasteiger charge is -2.29. The fourth-order valence-electron chi connectivity index (χ4n) is 5.68. The lowest BCUT2D eigenvalue weighted by Crippen LogP contribution is -2.51. The topological polar surface area (TPSA) is 120 Å². The maximum Gasteiger partial charge on any atom is 0.421 e. The van der Waals surface area contributed by atoms with Crippen molar-refractivity contribution in [3.63, 3.8) is 0 Å². The Kier molecular flexibility index (Phi) is 6.49. The van der Waals surface area contributed by atoms with E-state index >= 15 is 0 Å². The van der Waals surface area contributed by atoms with Crippen LogP contribution in [-0.4, -0.2) is 28.1 Å². The van der Waals surface area contributed by atoms with E-state index in [9.17, 15) is 25.3 Å². The van der Waals surface area contributed by atoms with Crippen LogP contribution >= 0.6 is 0 Å². The summed E-state index contributed by atoms with van der Waals surface area (Å²) in [4.78, 5) is 29.0. The number of rotatable bonds is 3. The van der Waals surface area contributed by atoms with Gasteiger partial charge in [-0.15, -0.1) is 0 Å². The van der Waals surface area contributed by atoms with Gasteiger partial charge in [0.1, 0.15) is 23.3 Å². The first-order valence-corrected chi connectivity index (χ1v) is 12.8. The van der Waals surface area contributed by atoms with Crippen LogP contribution in [0.25, 0.3) is 0 Å². The number of nitriles is 2. The first kappa shape index (κ1) is 26.4. The molecule has 8 heteroatoms. The number of ether oxygens (including phenoxy) is 1. The van der Waals surface area contributed by atoms with Crippen LogP contribution in [0.2, 0.25) is 0 Å². The zero-order valence-corrected chi connectivity index (χ0v) is 22.2. The van der Waals surface area contributed by atoms with Crippen molar-refractivity contribution in [3.8, 4) is 12.1 Å². The number of imide groups is 1. The molecular formula is C32H26N4O4. The fourth-order valence-corrected chi connectivity index (χ4v) is 5.68. The molecule has 0 saturated heterocycles. The van der Waals surface area contributed by atoms with Gasteiger partial charge in [0.25, 0.3) is 5.54 Å². The molecule has 0 unspecified atom stereocenters. The van der Waals surface area contributed by atoms with Crippen molar-refractivity contribution >= 4 is 23.4 Å². The Morgan fingerprint density at radius 1 is 0.975 bits per heavy atom. The molecule has 0 fully saturated rings. The number of fused-ring (bicyclic) bond motifs is 2. The molecule has 5 rings (SSSR count). The molecule has 3 aromatic carbocycles. The van der Waals surface area contributed by atoms with E-state index in [0.717, 1.165) is 10.5 Å². The third kappa shape index (κ3) is 4.02. The van der Waals surface area contributed by atoms with Crippen LogP contribution in [0, 0.1) is 33.8 Å². The quantitative estimate of drug-likeness (QED) is 0.249. The number of anilines is 1. The minimum Gasteiger partial charge on any atom is -0.623 e. The molecule has 3 atom stereocenters. The Hall–Kier alpha value is -5.21. The third-order valence-corrected chi connectivity index (χ3v) is 7.15. The first-order valence-electron chi connectivity index (χ1n) is 12.8. The number of hydroxylamine groups is 1. The van der Waals surface area contributed by atoms with Crippen LogP contribution < -0.4 is 4.90 Å². The Bertz CT molecular complexity index is 1630. The van der Waals surface area contributed by atoms with Gasteiger partial charge in [0.15, 0.2) is 0 Å². The SMILES string of the molecule is CC(C)(C)OC(=O)N1C(=O)[C@@]2(c3ccccc31)[C@H](C=C(C#N)C#N)[C@@H](c1ccccc1)C(c1ccccc1)=[N+]2[O-]. The zero-order valence-electron chi connectivity index (χ0n) is 22.2. The van der Waals surface area contributed by atoms with Gasteiger partial charge in [-0.2, -0.15) is 15.3 Å². The Labute approximate surface area is 232 Å². The van der Waals surface area contributed by atoms with Crippen molar-refractivity contribution in [3.05, 3.63) is 118 Å². The molecule has 2 amide bonds. The number of hydrogen-bond acceptors (Lipinski definition) is 6. The maximum absolute atomic E-state index is 14.8. The predicted octanol–water partition coefficient (Wildman–Crippen LogP) is 5.55. The predicted molar refractivity (Wildman–Crippen MR) is 148 cm³/mol. The van der Waals surface area contributed by atoms with Crippen LogP contribution in [-0.2, 0) is 15.1 Å². The number of benzene rings is 3. The molecule has 0 aliphatic carbocycles. The lowest BCUT2D eigenvalue weighted by molar-refractivity contribution is -0.535. The highest BCUT2D eigenvalue weighted by Crippen LogP contribution is 2.56. The summed E-state index contributed by atoms with van der Waals surface area (Å²) in [5.41, 5.74) is -1.03. The van der Waals surface area contributed by atoms with Gasteiger partial charge in [0.2, 0.25) is 5.71 Å². The number of carbonyl (C=O) groups is 2. The maximum atomic E-state index is 14.8. The molecule has 0 bridgehead atoms. The van der Waals surface area contributed by atoms with Gasteiger partial charge >= 0.3 is 12.0 Å². The summed E-state index contributed by atoms with van der Waals surface area (Å²) >= 11 is 0. The van der Waals surface area contributed by atoms with Crippen LogP contribution in [0.15, 0.2) is 96.6 Å². The molecule has 40 heavy (non-hydrogen) atoms. The number of para-hydroxylation sites is 1. The summed E-state index contributed by atoms with van der Waals surface area (Å²) in [5, 5.41) is 34.3. The molecular weight excluding hydrogens is 504 g/mol. The van der Waals surface area contributed by atoms with Gasteiger partial charge < -0.3 is 9.94 Å². The molecule has 198 valence electrons. The highest BCUT2D eigenvalue weighted by atomic mass is 16.6. The highest BCUT2D eigenvalue weighted by molar-refractivity contribution is 6.22. The van der Waals surface area contributed by atoms with Crippen LogP contribution in [0.3, 0.4) is 0 Å². The molecule has 0 N–H and O–H groups in total. The largest absolute Gasteiger partial charge is 0.623 e. The Morgan fingerprint density at radius 2 is 1.55 bits per heavy atom. The minimum atomic E-state index is -1.99. The van der Waals surface area contributed by atoms with Gasteiger partial charge in [-0.05, 0) is 56.7 Å². The summed E-state index contributed by atoms with van der Waals surface area (Å²) in [5.74, 6) is -2.55. The number of amides is 2. The van der Waals surface area contributed by atoms with E-state index in [0.29, 0.717) is 15.9 Å². The summed E-state index contributed by atoms with van der Waals surface area (Å²) in [6.45, 7) is 5.06. The minimum absolute atomic E-state index is 0.220. The van der Waals surface area contributed by atoms with E-state index < -0.39 is 35.0 Å². The average molecular weight is 531 g/mol. The van der Waals surface area contributed by atoms with Crippen molar-refractivity contribution in [1.82, 2.24) is 0 Å². The second kappa shape index (κ2) is 9.83. The highest BCUT2D eigenvalue weighted by Gasteiger charge is 2.71. The second-order valence-corrected chi connectivity index (χ2v) is 10.7. The Morgan fingerprint density at radius 3 is 2.15 bits per heavy atom. The van der Waals surface area contributed by atoms with Crippen molar-refractivity contribution < 1.29 is 19.1 Å². The molecule has 0 radical (unpaired) electrons. The van der Waals surface area contributed by atoms with Crippen molar-refractivity contribution in [1.29, 1.82) is 10.5 Å². The first-order chi connectivity index (χ1) is 19.1. The number of allylic oxidation sites excluding steroid dienone is 1. The second-order valence-electron chi connectivity index (χ2n) is 10.7. The summed E-state index contributed by atoms with van der Waals surface area (Å²) in [7, 11) is 0. The molecule has 0 saturated carbocycles. The van der Waals surface area contributed by atoms with Gasteiger partial charge in [0.05, 0.1) is 23.1 Å². The van der Waals surface area contributed by atoms with Gasteiger partial charge in [-0.25, -0.2) is 9.69 Å². The van der Waals surface area contributed by atoms with E-state index in [1.807, 2.05) is 48.5 Å². The summed E-state index contributed by atoms with van der Waals surface area (Å²) in [6.07, 6.45) is 0.481. The lowest BCUT2D eigenvalue weighted by atomic mass is 9.71. The standard InChI is InChI=1S/C32H26N4O4/c1-31(2,3)40-30(38)35-26-17-11-10-16-24(26)32(29(35)37)25(18-21(19-33)20-34)27(22-12-6-4-7-13-22)28(36(32)39)23-14-8-5-9-15-23/h4-18,25,27H,1-3H3/t25-,27-,32-/m1/s1. The summed E-state index contributed by atoms with van der Waals surface area (Å²) < 4.78 is 6.27. The van der Waals surface area contributed by atoms with Crippen LogP contribution in [0.1, 0.15) is 43.4 Å². The van der Waals surface area contributed by atoms with E-state index in [4.69, 9.17) is 4.74 Å². The van der Waals surface area contributed by atoms with E-state index in [1.54, 1.807) is 69.3 Å². The molecule has 3 aromatic rings. The average Bonchev–Trinajstić information content (AvgIpc) is 3.36. The normalized spacial score (nSPS) is 21.5.